The molecule has 3 aromatic rings. The van der Waals surface area contributed by atoms with Crippen LogP contribution in [-0.2, 0) is 0 Å². The van der Waals surface area contributed by atoms with Crippen LogP contribution in [0.15, 0.2) is 55.0 Å². The zero-order chi connectivity index (χ0) is 18.1. The summed E-state index contributed by atoms with van der Waals surface area (Å²) in [5.41, 5.74) is 4.71. The van der Waals surface area contributed by atoms with Gasteiger partial charge in [-0.2, -0.15) is 0 Å². The first kappa shape index (κ1) is 17.6. The van der Waals surface area contributed by atoms with Gasteiger partial charge < -0.3 is 4.57 Å². The molecule has 1 aliphatic rings. The van der Waals surface area contributed by atoms with E-state index >= 15 is 0 Å². The van der Waals surface area contributed by atoms with Crippen LogP contribution >= 0.6 is 23.2 Å². The summed E-state index contributed by atoms with van der Waals surface area (Å²) in [6.07, 6.45) is 9.26. The molecule has 0 spiro atoms. The van der Waals surface area contributed by atoms with E-state index in [1.54, 1.807) is 0 Å². The highest BCUT2D eigenvalue weighted by atomic mass is 35.5. The lowest BCUT2D eigenvalue weighted by Crippen LogP contribution is -2.12. The van der Waals surface area contributed by atoms with Crippen molar-refractivity contribution in [2.24, 2.45) is 0 Å². The Morgan fingerprint density at radius 1 is 1.04 bits per heavy atom. The van der Waals surface area contributed by atoms with Crippen LogP contribution in [-0.4, -0.2) is 9.55 Å². The van der Waals surface area contributed by atoms with E-state index < -0.39 is 0 Å². The highest BCUT2D eigenvalue weighted by Gasteiger charge is 2.24. The molecule has 4 rings (SSSR count). The molecule has 1 atom stereocenters. The Kier molecular flexibility index (Phi) is 5.06. The summed E-state index contributed by atoms with van der Waals surface area (Å²) < 4.78 is 2.20. The fourth-order valence-corrected chi connectivity index (χ4v) is 4.54. The van der Waals surface area contributed by atoms with E-state index in [0.29, 0.717) is 16.0 Å². The summed E-state index contributed by atoms with van der Waals surface area (Å²) in [7, 11) is 0. The molecule has 0 aliphatic heterocycles. The summed E-state index contributed by atoms with van der Waals surface area (Å²) in [6, 6.07) is 14.2. The van der Waals surface area contributed by atoms with Gasteiger partial charge in [-0.25, -0.2) is 4.98 Å². The maximum absolute atomic E-state index is 6.59. The molecule has 2 nitrogen and oxygen atoms in total. The van der Waals surface area contributed by atoms with E-state index in [0.717, 1.165) is 5.56 Å². The number of hydrogen-bond donors (Lipinski definition) is 0. The zero-order valence-electron chi connectivity index (χ0n) is 14.8. The SMILES string of the molecule is Cc1ccccc1C(c1ccc(Cl)cc1Cl)n1cnc(C2CCCC2)c1. The Labute approximate surface area is 164 Å². The number of benzene rings is 2. The molecule has 1 heterocycles. The number of nitrogens with zero attached hydrogens (tertiary/aromatic N) is 2. The molecule has 0 bridgehead atoms. The van der Waals surface area contributed by atoms with Gasteiger partial charge in [-0.15, -0.1) is 0 Å². The lowest BCUT2D eigenvalue weighted by atomic mass is 9.94. The third kappa shape index (κ3) is 3.41. The highest BCUT2D eigenvalue weighted by Crippen LogP contribution is 2.37. The van der Waals surface area contributed by atoms with E-state index in [2.05, 4.69) is 42.0 Å². The molecular formula is C22H22Cl2N2. The molecular weight excluding hydrogens is 363 g/mol. The van der Waals surface area contributed by atoms with Gasteiger partial charge in [0.1, 0.15) is 0 Å². The maximum Gasteiger partial charge on any atom is 0.0958 e. The van der Waals surface area contributed by atoms with Gasteiger partial charge in [-0.05, 0) is 48.6 Å². The summed E-state index contributed by atoms with van der Waals surface area (Å²) in [6.45, 7) is 2.14. The second-order valence-electron chi connectivity index (χ2n) is 7.15. The first-order chi connectivity index (χ1) is 12.6. The molecule has 0 N–H and O–H groups in total. The molecule has 0 saturated heterocycles. The minimum Gasteiger partial charge on any atom is -0.325 e. The van der Waals surface area contributed by atoms with Crippen LogP contribution in [0.2, 0.25) is 10.0 Å². The number of aryl methyl sites for hydroxylation is 1. The number of aromatic nitrogens is 2. The van der Waals surface area contributed by atoms with E-state index in [4.69, 9.17) is 28.2 Å². The highest BCUT2D eigenvalue weighted by molar-refractivity contribution is 6.35. The molecule has 134 valence electrons. The topological polar surface area (TPSA) is 17.8 Å². The maximum atomic E-state index is 6.59. The predicted molar refractivity (Wildman–Crippen MR) is 108 cm³/mol. The van der Waals surface area contributed by atoms with Crippen LogP contribution in [0.25, 0.3) is 0 Å². The Balaban J connectivity index is 1.82. The molecule has 2 aromatic carbocycles. The Morgan fingerprint density at radius 3 is 2.54 bits per heavy atom. The van der Waals surface area contributed by atoms with Gasteiger partial charge in [-0.1, -0.05) is 66.4 Å². The average molecular weight is 385 g/mol. The van der Waals surface area contributed by atoms with Crippen molar-refractivity contribution in [3.05, 3.63) is 87.4 Å². The molecule has 1 fully saturated rings. The number of halogens is 2. The summed E-state index contributed by atoms with van der Waals surface area (Å²) in [4.78, 5) is 4.74. The molecule has 26 heavy (non-hydrogen) atoms. The largest absolute Gasteiger partial charge is 0.325 e. The standard InChI is InChI=1S/C22H22Cl2N2/c1-15-6-2-5-9-18(15)22(19-11-10-17(23)12-20(19)24)26-13-21(25-14-26)16-7-3-4-8-16/h2,5-6,9-14,16,22H,3-4,7-8H2,1H3. The third-order valence-corrected chi connectivity index (χ3v) is 6.00. The fourth-order valence-electron chi connectivity index (χ4n) is 4.03. The van der Waals surface area contributed by atoms with Crippen LogP contribution in [0.1, 0.15) is 60.0 Å². The zero-order valence-corrected chi connectivity index (χ0v) is 16.3. The molecule has 0 amide bonds. The Bertz CT molecular complexity index is 910. The van der Waals surface area contributed by atoms with Crippen LogP contribution < -0.4 is 0 Å². The smallest absolute Gasteiger partial charge is 0.0958 e. The molecule has 1 saturated carbocycles. The first-order valence-electron chi connectivity index (χ1n) is 9.17. The van der Waals surface area contributed by atoms with E-state index in [1.807, 2.05) is 24.5 Å². The van der Waals surface area contributed by atoms with E-state index in [1.165, 1.54) is 42.5 Å². The fraction of sp³-hybridized carbons (Fsp3) is 0.318. The number of rotatable bonds is 4. The van der Waals surface area contributed by atoms with E-state index in [-0.39, 0.29) is 6.04 Å². The van der Waals surface area contributed by atoms with Gasteiger partial charge in [0, 0.05) is 22.2 Å². The molecule has 1 unspecified atom stereocenters. The van der Waals surface area contributed by atoms with Gasteiger partial charge in [-0.3, -0.25) is 0 Å². The van der Waals surface area contributed by atoms with Crippen LogP contribution in [0.5, 0.6) is 0 Å². The second-order valence-corrected chi connectivity index (χ2v) is 8.00. The van der Waals surface area contributed by atoms with Crippen LogP contribution in [0.3, 0.4) is 0 Å². The van der Waals surface area contributed by atoms with Crippen molar-refractivity contribution in [1.29, 1.82) is 0 Å². The third-order valence-electron chi connectivity index (χ3n) is 5.43. The van der Waals surface area contributed by atoms with Crippen molar-refractivity contribution in [2.45, 2.75) is 44.6 Å². The van der Waals surface area contributed by atoms with Crippen molar-refractivity contribution >= 4 is 23.2 Å². The van der Waals surface area contributed by atoms with Gasteiger partial charge in [0.05, 0.1) is 18.1 Å². The minimum atomic E-state index is -0.0105. The van der Waals surface area contributed by atoms with Gasteiger partial charge in [0.15, 0.2) is 0 Å². The van der Waals surface area contributed by atoms with Crippen molar-refractivity contribution in [1.82, 2.24) is 9.55 Å². The lowest BCUT2D eigenvalue weighted by Gasteiger charge is -2.23. The monoisotopic (exact) mass is 384 g/mol. The Morgan fingerprint density at radius 2 is 1.81 bits per heavy atom. The van der Waals surface area contributed by atoms with Crippen molar-refractivity contribution in [3.63, 3.8) is 0 Å². The summed E-state index contributed by atoms with van der Waals surface area (Å²) >= 11 is 12.7. The quantitative estimate of drug-likeness (QED) is 0.483. The molecule has 0 radical (unpaired) electrons. The Hall–Kier alpha value is -1.77. The number of hydrogen-bond acceptors (Lipinski definition) is 1. The van der Waals surface area contributed by atoms with Crippen molar-refractivity contribution in [2.75, 3.05) is 0 Å². The number of imidazole rings is 1. The minimum absolute atomic E-state index is 0.0105. The summed E-state index contributed by atoms with van der Waals surface area (Å²) in [5, 5.41) is 1.33. The second kappa shape index (κ2) is 7.46. The lowest BCUT2D eigenvalue weighted by molar-refractivity contribution is 0.665. The van der Waals surface area contributed by atoms with Crippen LogP contribution in [0, 0.1) is 6.92 Å². The summed E-state index contributed by atoms with van der Waals surface area (Å²) in [5.74, 6) is 0.592. The van der Waals surface area contributed by atoms with Crippen LogP contribution in [0.4, 0.5) is 0 Å². The molecule has 4 heteroatoms. The van der Waals surface area contributed by atoms with Gasteiger partial charge >= 0.3 is 0 Å². The predicted octanol–water partition coefficient (Wildman–Crippen LogP) is 6.79. The van der Waals surface area contributed by atoms with Crippen molar-refractivity contribution in [3.8, 4) is 0 Å². The van der Waals surface area contributed by atoms with Gasteiger partial charge in [0.2, 0.25) is 0 Å². The molecule has 1 aliphatic carbocycles. The van der Waals surface area contributed by atoms with Crippen molar-refractivity contribution < 1.29 is 0 Å². The normalized spacial score (nSPS) is 16.1. The average Bonchev–Trinajstić information content (AvgIpc) is 3.30. The molecule has 1 aromatic heterocycles. The first-order valence-corrected chi connectivity index (χ1v) is 9.93. The van der Waals surface area contributed by atoms with E-state index in [9.17, 15) is 0 Å². The van der Waals surface area contributed by atoms with Gasteiger partial charge in [0.25, 0.3) is 0 Å².